The highest BCUT2D eigenvalue weighted by molar-refractivity contribution is 5.72. The van der Waals surface area contributed by atoms with Gasteiger partial charge in [-0.3, -0.25) is 4.90 Å². The van der Waals surface area contributed by atoms with E-state index in [0.29, 0.717) is 12.0 Å². The second-order valence-electron chi connectivity index (χ2n) is 4.54. The Labute approximate surface area is 100 Å². The molecule has 0 aromatic heterocycles. The lowest BCUT2D eigenvalue weighted by molar-refractivity contribution is -0.109. The molecule has 0 fully saturated rings. The molecule has 1 rings (SSSR count). The van der Waals surface area contributed by atoms with Crippen LogP contribution in [0.4, 0.5) is 4.79 Å². The van der Waals surface area contributed by atoms with Gasteiger partial charge in [0.1, 0.15) is 18.1 Å². The van der Waals surface area contributed by atoms with E-state index in [1.165, 1.54) is 11.2 Å². The molecule has 0 unspecified atom stereocenters. The third-order valence-electron chi connectivity index (χ3n) is 1.82. The third kappa shape index (κ3) is 4.76. The molecule has 1 heterocycles. The Morgan fingerprint density at radius 1 is 1.59 bits per heavy atom. The van der Waals surface area contributed by atoms with E-state index >= 15 is 0 Å². The number of ether oxygens (including phenoxy) is 3. The Bertz CT molecular complexity index is 318. The van der Waals surface area contributed by atoms with E-state index in [1.807, 2.05) is 0 Å². The van der Waals surface area contributed by atoms with E-state index in [-0.39, 0.29) is 19.9 Å². The van der Waals surface area contributed by atoms with Crippen LogP contribution < -0.4 is 0 Å². The molecule has 96 valence electrons. The fourth-order valence-electron chi connectivity index (χ4n) is 1.16. The quantitative estimate of drug-likeness (QED) is 0.696. The number of amides is 1. The molecule has 0 spiro atoms. The van der Waals surface area contributed by atoms with Crippen molar-refractivity contribution in [1.29, 1.82) is 0 Å². The molecular formula is C11H17NO5. The molecule has 0 bridgehead atoms. The summed E-state index contributed by atoms with van der Waals surface area (Å²) in [4.78, 5) is 23.5. The van der Waals surface area contributed by atoms with Crippen molar-refractivity contribution >= 4 is 12.4 Å². The minimum atomic E-state index is -0.598. The predicted octanol–water partition coefficient (Wildman–Crippen LogP) is 1.27. The van der Waals surface area contributed by atoms with Crippen LogP contribution in [-0.2, 0) is 19.0 Å². The van der Waals surface area contributed by atoms with Crippen LogP contribution in [0.5, 0.6) is 0 Å². The van der Waals surface area contributed by atoms with Crippen LogP contribution >= 0.6 is 0 Å². The Kier molecular flexibility index (Phi) is 4.37. The summed E-state index contributed by atoms with van der Waals surface area (Å²) in [6.45, 7) is 5.54. The second kappa shape index (κ2) is 5.56. The monoisotopic (exact) mass is 243 g/mol. The predicted molar refractivity (Wildman–Crippen MR) is 59.0 cm³/mol. The number of carbonyl (C=O) groups is 2. The van der Waals surface area contributed by atoms with Crippen LogP contribution in [-0.4, -0.2) is 42.8 Å². The summed E-state index contributed by atoms with van der Waals surface area (Å²) in [5.41, 5.74) is -0.598. The lowest BCUT2D eigenvalue weighted by atomic mass is 10.2. The molecule has 6 nitrogen and oxygen atoms in total. The van der Waals surface area contributed by atoms with Crippen molar-refractivity contribution in [2.45, 2.75) is 26.4 Å². The summed E-state index contributed by atoms with van der Waals surface area (Å²) in [6.07, 6.45) is 1.50. The van der Waals surface area contributed by atoms with Gasteiger partial charge in [-0.25, -0.2) is 4.79 Å². The van der Waals surface area contributed by atoms with Gasteiger partial charge in [0, 0.05) is 0 Å². The fraction of sp³-hybridized carbons (Fsp3) is 0.636. The van der Waals surface area contributed by atoms with E-state index in [2.05, 4.69) is 0 Å². The summed E-state index contributed by atoms with van der Waals surface area (Å²) < 4.78 is 15.1. The zero-order valence-corrected chi connectivity index (χ0v) is 10.3. The standard InChI is InChI=1S/C11H17NO5/c1-11(2,3)17-10(14)12(4-5-13)6-9-7-15-8-16-9/h5,7H,4,6,8H2,1-3H3. The molecule has 17 heavy (non-hydrogen) atoms. The maximum absolute atomic E-state index is 11.8. The van der Waals surface area contributed by atoms with Gasteiger partial charge in [-0.15, -0.1) is 0 Å². The van der Waals surface area contributed by atoms with Gasteiger partial charge in [0.15, 0.2) is 5.76 Å². The number of aldehydes is 1. The lowest BCUT2D eigenvalue weighted by Crippen LogP contribution is -2.39. The first-order chi connectivity index (χ1) is 7.92. The molecule has 0 saturated carbocycles. The normalized spacial score (nSPS) is 14.4. The molecule has 0 aromatic rings. The Balaban J connectivity index is 2.57. The van der Waals surface area contributed by atoms with Crippen LogP contribution in [0.25, 0.3) is 0 Å². The molecule has 1 amide bonds. The van der Waals surface area contributed by atoms with Gasteiger partial charge < -0.3 is 19.0 Å². The van der Waals surface area contributed by atoms with Crippen molar-refractivity contribution in [2.24, 2.45) is 0 Å². The first kappa shape index (κ1) is 13.3. The van der Waals surface area contributed by atoms with E-state index in [0.717, 1.165) is 0 Å². The Morgan fingerprint density at radius 2 is 2.29 bits per heavy atom. The van der Waals surface area contributed by atoms with Gasteiger partial charge >= 0.3 is 6.09 Å². The number of nitrogens with zero attached hydrogens (tertiary/aromatic N) is 1. The van der Waals surface area contributed by atoms with Crippen LogP contribution in [0.3, 0.4) is 0 Å². The van der Waals surface area contributed by atoms with Gasteiger partial charge in [0.2, 0.25) is 6.79 Å². The maximum Gasteiger partial charge on any atom is 0.411 e. The van der Waals surface area contributed by atoms with Crippen LogP contribution in [0.2, 0.25) is 0 Å². The van der Waals surface area contributed by atoms with Gasteiger partial charge in [0.05, 0.1) is 13.1 Å². The number of rotatable bonds is 4. The molecular weight excluding hydrogens is 226 g/mol. The maximum atomic E-state index is 11.8. The van der Waals surface area contributed by atoms with E-state index in [9.17, 15) is 9.59 Å². The van der Waals surface area contributed by atoms with E-state index in [4.69, 9.17) is 14.2 Å². The van der Waals surface area contributed by atoms with Crippen LogP contribution in [0.1, 0.15) is 20.8 Å². The van der Waals surface area contributed by atoms with Gasteiger partial charge in [-0.1, -0.05) is 0 Å². The first-order valence-corrected chi connectivity index (χ1v) is 5.27. The fourth-order valence-corrected chi connectivity index (χ4v) is 1.16. The molecule has 0 saturated heterocycles. The average Bonchev–Trinajstić information content (AvgIpc) is 2.67. The summed E-state index contributed by atoms with van der Waals surface area (Å²) >= 11 is 0. The largest absolute Gasteiger partial charge is 0.462 e. The zero-order chi connectivity index (χ0) is 12.9. The van der Waals surface area contributed by atoms with Crippen LogP contribution in [0, 0.1) is 0 Å². The molecule has 0 aliphatic carbocycles. The van der Waals surface area contributed by atoms with Gasteiger partial charge in [0.25, 0.3) is 0 Å². The Morgan fingerprint density at radius 3 is 2.76 bits per heavy atom. The van der Waals surface area contributed by atoms with E-state index < -0.39 is 11.7 Å². The lowest BCUT2D eigenvalue weighted by Gasteiger charge is -2.25. The molecule has 6 heteroatoms. The van der Waals surface area contributed by atoms with Crippen molar-refractivity contribution in [3.8, 4) is 0 Å². The van der Waals surface area contributed by atoms with Crippen molar-refractivity contribution in [2.75, 3.05) is 19.9 Å². The molecule has 0 aromatic carbocycles. The summed E-state index contributed by atoms with van der Waals surface area (Å²) in [5.74, 6) is 0.498. The number of carbonyl (C=O) groups excluding carboxylic acids is 2. The summed E-state index contributed by atoms with van der Waals surface area (Å²) in [6, 6.07) is 0. The topological polar surface area (TPSA) is 65.1 Å². The van der Waals surface area contributed by atoms with Crippen molar-refractivity contribution in [3.05, 3.63) is 12.0 Å². The first-order valence-electron chi connectivity index (χ1n) is 5.27. The number of hydrogen-bond donors (Lipinski definition) is 0. The SMILES string of the molecule is CC(C)(C)OC(=O)N(CC=O)CC1=COCO1. The highest BCUT2D eigenvalue weighted by atomic mass is 16.7. The van der Waals surface area contributed by atoms with E-state index in [1.54, 1.807) is 20.8 Å². The third-order valence-corrected chi connectivity index (χ3v) is 1.82. The molecule has 1 aliphatic heterocycles. The highest BCUT2D eigenvalue weighted by Gasteiger charge is 2.23. The highest BCUT2D eigenvalue weighted by Crippen LogP contribution is 2.13. The summed E-state index contributed by atoms with van der Waals surface area (Å²) in [7, 11) is 0. The smallest absolute Gasteiger partial charge is 0.411 e. The number of hydrogen-bond acceptors (Lipinski definition) is 5. The minimum absolute atomic E-state index is 0.0460. The van der Waals surface area contributed by atoms with Crippen molar-refractivity contribution in [3.63, 3.8) is 0 Å². The molecule has 0 radical (unpaired) electrons. The Hall–Kier alpha value is -1.72. The van der Waals surface area contributed by atoms with Gasteiger partial charge in [-0.2, -0.15) is 0 Å². The zero-order valence-electron chi connectivity index (χ0n) is 10.3. The minimum Gasteiger partial charge on any atom is -0.462 e. The van der Waals surface area contributed by atoms with Crippen molar-refractivity contribution < 1.29 is 23.8 Å². The average molecular weight is 243 g/mol. The van der Waals surface area contributed by atoms with Crippen molar-refractivity contribution in [1.82, 2.24) is 4.90 Å². The van der Waals surface area contributed by atoms with Gasteiger partial charge in [-0.05, 0) is 20.8 Å². The molecule has 0 N–H and O–H groups in total. The molecule has 0 atom stereocenters. The van der Waals surface area contributed by atoms with Crippen LogP contribution in [0.15, 0.2) is 12.0 Å². The summed E-state index contributed by atoms with van der Waals surface area (Å²) in [5, 5.41) is 0. The second-order valence-corrected chi connectivity index (χ2v) is 4.54. The molecule has 1 aliphatic rings.